The summed E-state index contributed by atoms with van der Waals surface area (Å²) in [6.07, 6.45) is 12.3. The van der Waals surface area contributed by atoms with Crippen LogP contribution in [-0.4, -0.2) is 18.9 Å². The first-order chi connectivity index (χ1) is 11.0. The van der Waals surface area contributed by atoms with Gasteiger partial charge in [-0.3, -0.25) is 4.79 Å². The van der Waals surface area contributed by atoms with Gasteiger partial charge in [-0.05, 0) is 63.9 Å². The monoisotopic (exact) mass is 314 g/mol. The van der Waals surface area contributed by atoms with Crippen LogP contribution in [0.15, 0.2) is 34.9 Å². The van der Waals surface area contributed by atoms with Crippen LogP contribution in [0.1, 0.15) is 46.5 Å². The predicted octanol–water partition coefficient (Wildman–Crippen LogP) is 3.84. The van der Waals surface area contributed by atoms with Gasteiger partial charge >= 0.3 is 0 Å². The summed E-state index contributed by atoms with van der Waals surface area (Å²) in [5.41, 5.74) is 2.70. The van der Waals surface area contributed by atoms with Crippen LogP contribution in [0.3, 0.4) is 0 Å². The first kappa shape index (κ1) is 17.6. The molecule has 0 aliphatic heterocycles. The molecule has 1 fully saturated rings. The third-order valence-corrected chi connectivity index (χ3v) is 5.30. The van der Waals surface area contributed by atoms with E-state index in [2.05, 4.69) is 32.9 Å². The third-order valence-electron chi connectivity index (χ3n) is 5.30. The summed E-state index contributed by atoms with van der Waals surface area (Å²) >= 11 is 0. The van der Waals surface area contributed by atoms with Crippen LogP contribution in [0.5, 0.6) is 0 Å². The van der Waals surface area contributed by atoms with Gasteiger partial charge < -0.3 is 9.59 Å². The van der Waals surface area contributed by atoms with Crippen molar-refractivity contribution < 1.29 is 14.4 Å². The SMILES string of the molecule is CC(C)=CCCC(C)=CC1CC1(C=O)C1CC=C(C=O)C1C=O. The molecule has 0 aromatic carbocycles. The Hall–Kier alpha value is -1.77. The summed E-state index contributed by atoms with van der Waals surface area (Å²) in [6.45, 7) is 6.29. The molecule has 0 saturated heterocycles. The Morgan fingerprint density at radius 3 is 2.57 bits per heavy atom. The average molecular weight is 314 g/mol. The van der Waals surface area contributed by atoms with E-state index in [9.17, 15) is 14.4 Å². The fourth-order valence-electron chi connectivity index (χ4n) is 3.83. The minimum atomic E-state index is -0.454. The lowest BCUT2D eigenvalue weighted by Gasteiger charge is -2.22. The van der Waals surface area contributed by atoms with Crippen LogP contribution in [-0.2, 0) is 14.4 Å². The molecule has 23 heavy (non-hydrogen) atoms. The molecule has 0 spiro atoms. The highest BCUT2D eigenvalue weighted by Crippen LogP contribution is 2.62. The number of carbonyl (C=O) groups excluding carboxylic acids is 3. The molecule has 2 aliphatic rings. The molecule has 2 aliphatic carbocycles. The second kappa shape index (κ2) is 7.20. The summed E-state index contributed by atoms with van der Waals surface area (Å²) in [6, 6.07) is 0. The van der Waals surface area contributed by atoms with E-state index in [4.69, 9.17) is 0 Å². The van der Waals surface area contributed by atoms with Gasteiger partial charge in [0.15, 0.2) is 0 Å². The molecule has 3 nitrogen and oxygen atoms in total. The summed E-state index contributed by atoms with van der Waals surface area (Å²) in [5, 5.41) is 0. The maximum Gasteiger partial charge on any atom is 0.146 e. The van der Waals surface area contributed by atoms with Crippen molar-refractivity contribution in [2.45, 2.75) is 46.5 Å². The van der Waals surface area contributed by atoms with Crippen molar-refractivity contribution in [3.05, 3.63) is 34.9 Å². The maximum absolute atomic E-state index is 11.8. The van der Waals surface area contributed by atoms with Gasteiger partial charge in [-0.1, -0.05) is 29.4 Å². The molecule has 3 heteroatoms. The highest BCUT2D eigenvalue weighted by atomic mass is 16.1. The first-order valence-corrected chi connectivity index (χ1v) is 8.36. The summed E-state index contributed by atoms with van der Waals surface area (Å²) in [4.78, 5) is 34.2. The molecule has 0 amide bonds. The normalized spacial score (nSPS) is 32.9. The van der Waals surface area contributed by atoms with Crippen LogP contribution < -0.4 is 0 Å². The molecular formula is C20H26O3. The Balaban J connectivity index is 2.05. The van der Waals surface area contributed by atoms with Gasteiger partial charge in [0.1, 0.15) is 18.9 Å². The van der Waals surface area contributed by atoms with Crippen LogP contribution in [0.4, 0.5) is 0 Å². The molecule has 0 N–H and O–H groups in total. The Labute approximate surface area is 138 Å². The van der Waals surface area contributed by atoms with Crippen molar-refractivity contribution in [1.82, 2.24) is 0 Å². The van der Waals surface area contributed by atoms with Gasteiger partial charge in [0.2, 0.25) is 0 Å². The lowest BCUT2D eigenvalue weighted by Crippen LogP contribution is -2.26. The van der Waals surface area contributed by atoms with Gasteiger partial charge in [-0.25, -0.2) is 0 Å². The van der Waals surface area contributed by atoms with Crippen molar-refractivity contribution in [3.63, 3.8) is 0 Å². The molecular weight excluding hydrogens is 288 g/mol. The van der Waals surface area contributed by atoms with Crippen molar-refractivity contribution >= 4 is 18.9 Å². The van der Waals surface area contributed by atoms with E-state index in [0.29, 0.717) is 12.0 Å². The Morgan fingerprint density at radius 1 is 1.26 bits per heavy atom. The predicted molar refractivity (Wildman–Crippen MR) is 90.8 cm³/mol. The number of hydrogen-bond acceptors (Lipinski definition) is 3. The van der Waals surface area contributed by atoms with Crippen LogP contribution in [0, 0.1) is 23.2 Å². The minimum Gasteiger partial charge on any atom is -0.303 e. The van der Waals surface area contributed by atoms with E-state index in [1.165, 1.54) is 11.1 Å². The lowest BCUT2D eigenvalue weighted by molar-refractivity contribution is -0.118. The highest BCUT2D eigenvalue weighted by Gasteiger charge is 2.60. The standard InChI is InChI=1S/C20H26O3/c1-14(2)5-4-6-15(3)9-17-10-20(17,13-23)19-8-7-16(11-21)18(19)12-22/h5,7,9,11-13,17-19H,4,6,8,10H2,1-3H3. The molecule has 0 bridgehead atoms. The van der Waals surface area contributed by atoms with E-state index in [1.54, 1.807) is 0 Å². The summed E-state index contributed by atoms with van der Waals surface area (Å²) in [5.74, 6) is -0.259. The van der Waals surface area contributed by atoms with Crippen molar-refractivity contribution in [1.29, 1.82) is 0 Å². The molecule has 0 heterocycles. The topological polar surface area (TPSA) is 51.2 Å². The zero-order valence-corrected chi connectivity index (χ0v) is 14.2. The fourth-order valence-corrected chi connectivity index (χ4v) is 3.83. The number of carbonyl (C=O) groups is 3. The van der Waals surface area contributed by atoms with E-state index in [-0.39, 0.29) is 11.8 Å². The minimum absolute atomic E-state index is 0.0514. The highest BCUT2D eigenvalue weighted by molar-refractivity contribution is 5.83. The molecule has 4 atom stereocenters. The Bertz CT molecular complexity index is 578. The van der Waals surface area contributed by atoms with E-state index < -0.39 is 11.3 Å². The molecule has 0 aromatic heterocycles. The van der Waals surface area contributed by atoms with Crippen LogP contribution in [0.2, 0.25) is 0 Å². The Morgan fingerprint density at radius 2 is 2.00 bits per heavy atom. The van der Waals surface area contributed by atoms with Gasteiger partial charge in [0.25, 0.3) is 0 Å². The van der Waals surface area contributed by atoms with Crippen LogP contribution in [0.25, 0.3) is 0 Å². The second-order valence-corrected chi connectivity index (χ2v) is 7.20. The zero-order valence-electron chi connectivity index (χ0n) is 14.2. The van der Waals surface area contributed by atoms with E-state index in [0.717, 1.165) is 38.1 Å². The van der Waals surface area contributed by atoms with Gasteiger partial charge in [-0.2, -0.15) is 0 Å². The summed E-state index contributed by atoms with van der Waals surface area (Å²) in [7, 11) is 0. The second-order valence-electron chi connectivity index (χ2n) is 7.20. The van der Waals surface area contributed by atoms with Gasteiger partial charge in [0, 0.05) is 11.3 Å². The number of rotatable bonds is 8. The smallest absolute Gasteiger partial charge is 0.146 e. The lowest BCUT2D eigenvalue weighted by atomic mass is 9.78. The zero-order chi connectivity index (χ0) is 17.0. The van der Waals surface area contributed by atoms with Crippen LogP contribution >= 0.6 is 0 Å². The van der Waals surface area contributed by atoms with Crippen molar-refractivity contribution in [3.8, 4) is 0 Å². The van der Waals surface area contributed by atoms with Gasteiger partial charge in [0.05, 0.1) is 0 Å². The fraction of sp³-hybridized carbons (Fsp3) is 0.550. The molecule has 124 valence electrons. The largest absolute Gasteiger partial charge is 0.303 e. The van der Waals surface area contributed by atoms with E-state index in [1.807, 2.05) is 6.08 Å². The number of aldehydes is 3. The first-order valence-electron chi connectivity index (χ1n) is 8.36. The molecule has 2 rings (SSSR count). The van der Waals surface area contributed by atoms with E-state index >= 15 is 0 Å². The number of allylic oxidation sites excluding steroid dienone is 6. The van der Waals surface area contributed by atoms with Crippen molar-refractivity contribution in [2.75, 3.05) is 0 Å². The maximum atomic E-state index is 11.8. The Kier molecular flexibility index (Phi) is 5.51. The third kappa shape index (κ3) is 3.60. The molecule has 1 saturated carbocycles. The number of hydrogen-bond donors (Lipinski definition) is 0. The van der Waals surface area contributed by atoms with Gasteiger partial charge in [-0.15, -0.1) is 0 Å². The molecule has 0 radical (unpaired) electrons. The van der Waals surface area contributed by atoms with Crippen molar-refractivity contribution in [2.24, 2.45) is 23.2 Å². The quantitative estimate of drug-likeness (QED) is 0.505. The molecule has 0 aromatic rings. The molecule has 4 unspecified atom stereocenters. The average Bonchev–Trinajstić information content (AvgIpc) is 3.05. The summed E-state index contributed by atoms with van der Waals surface area (Å²) < 4.78 is 0.